The summed E-state index contributed by atoms with van der Waals surface area (Å²) in [5.41, 5.74) is -0.258. The Balaban J connectivity index is 2.32. The summed E-state index contributed by atoms with van der Waals surface area (Å²) in [4.78, 5) is 27.5. The Morgan fingerprint density at radius 1 is 1.14 bits per heavy atom. The molecule has 0 aromatic carbocycles. The highest BCUT2D eigenvalue weighted by Crippen LogP contribution is 2.36. The van der Waals surface area contributed by atoms with Crippen LogP contribution in [-0.4, -0.2) is 34.8 Å². The number of nitrogens with zero attached hydrogens (tertiary/aromatic N) is 1. The highest BCUT2D eigenvalue weighted by Gasteiger charge is 2.49. The SMILES string of the molecule is CC(C)C1C(=O)NC(C(C)(C)C)C(=O)N1C(C)C1CCC1. The number of rotatable bonds is 3. The minimum atomic E-state index is -0.414. The maximum Gasteiger partial charge on any atom is 0.246 e. The first-order valence-electron chi connectivity index (χ1n) is 8.27. The summed E-state index contributed by atoms with van der Waals surface area (Å²) in [7, 11) is 0. The van der Waals surface area contributed by atoms with Crippen molar-refractivity contribution in [1.29, 1.82) is 0 Å². The average molecular weight is 294 g/mol. The van der Waals surface area contributed by atoms with Gasteiger partial charge in [-0.1, -0.05) is 41.0 Å². The van der Waals surface area contributed by atoms with Crippen molar-refractivity contribution in [3.05, 3.63) is 0 Å². The molecule has 2 fully saturated rings. The number of hydrogen-bond acceptors (Lipinski definition) is 2. The molecule has 21 heavy (non-hydrogen) atoms. The molecule has 0 spiro atoms. The summed E-state index contributed by atoms with van der Waals surface area (Å²) in [6.07, 6.45) is 3.60. The van der Waals surface area contributed by atoms with Crippen molar-refractivity contribution in [3.63, 3.8) is 0 Å². The third-order valence-electron chi connectivity index (χ3n) is 5.12. The fourth-order valence-corrected chi connectivity index (χ4v) is 3.52. The van der Waals surface area contributed by atoms with Gasteiger partial charge in [0.05, 0.1) is 0 Å². The van der Waals surface area contributed by atoms with E-state index in [1.165, 1.54) is 19.3 Å². The van der Waals surface area contributed by atoms with E-state index in [0.717, 1.165) is 0 Å². The van der Waals surface area contributed by atoms with Crippen LogP contribution in [0.15, 0.2) is 0 Å². The van der Waals surface area contributed by atoms with Gasteiger partial charge in [0.15, 0.2) is 0 Å². The molecule has 1 saturated heterocycles. The van der Waals surface area contributed by atoms with Gasteiger partial charge in [0.1, 0.15) is 12.1 Å². The first-order valence-corrected chi connectivity index (χ1v) is 8.27. The predicted octanol–water partition coefficient (Wildman–Crippen LogP) is 2.57. The Labute approximate surface area is 128 Å². The molecular weight excluding hydrogens is 264 g/mol. The second-order valence-electron chi connectivity index (χ2n) is 8.17. The summed E-state index contributed by atoms with van der Waals surface area (Å²) >= 11 is 0. The van der Waals surface area contributed by atoms with E-state index in [1.54, 1.807) is 0 Å². The van der Waals surface area contributed by atoms with Crippen molar-refractivity contribution in [2.45, 2.75) is 78.9 Å². The molecule has 3 atom stereocenters. The molecule has 0 aromatic heterocycles. The van der Waals surface area contributed by atoms with Crippen LogP contribution in [0, 0.1) is 17.3 Å². The predicted molar refractivity (Wildman–Crippen MR) is 83.7 cm³/mol. The van der Waals surface area contributed by atoms with Crippen LogP contribution >= 0.6 is 0 Å². The first kappa shape index (κ1) is 16.3. The molecule has 1 saturated carbocycles. The minimum Gasteiger partial charge on any atom is -0.342 e. The largest absolute Gasteiger partial charge is 0.342 e. The molecule has 0 radical (unpaired) electrons. The van der Waals surface area contributed by atoms with Gasteiger partial charge in [-0.15, -0.1) is 0 Å². The van der Waals surface area contributed by atoms with Gasteiger partial charge in [-0.2, -0.15) is 0 Å². The van der Waals surface area contributed by atoms with Crippen LogP contribution in [-0.2, 0) is 9.59 Å². The van der Waals surface area contributed by atoms with Gasteiger partial charge in [-0.05, 0) is 37.0 Å². The maximum absolute atomic E-state index is 13.0. The fourth-order valence-electron chi connectivity index (χ4n) is 3.52. The summed E-state index contributed by atoms with van der Waals surface area (Å²) < 4.78 is 0. The summed E-state index contributed by atoms with van der Waals surface area (Å²) in [6.45, 7) is 12.2. The Morgan fingerprint density at radius 3 is 2.10 bits per heavy atom. The van der Waals surface area contributed by atoms with Gasteiger partial charge >= 0.3 is 0 Å². The summed E-state index contributed by atoms with van der Waals surface area (Å²) in [5, 5.41) is 2.97. The van der Waals surface area contributed by atoms with Crippen LogP contribution in [0.3, 0.4) is 0 Å². The van der Waals surface area contributed by atoms with Crippen LogP contribution in [0.5, 0.6) is 0 Å². The molecule has 2 rings (SSSR count). The Bertz CT molecular complexity index is 421. The number of piperazine rings is 1. The van der Waals surface area contributed by atoms with Crippen molar-refractivity contribution in [2.24, 2.45) is 17.3 Å². The zero-order chi connectivity index (χ0) is 15.9. The van der Waals surface area contributed by atoms with Gasteiger partial charge in [0, 0.05) is 6.04 Å². The lowest BCUT2D eigenvalue weighted by molar-refractivity contribution is -0.159. The number of nitrogens with one attached hydrogen (secondary N) is 1. The zero-order valence-corrected chi connectivity index (χ0v) is 14.3. The normalized spacial score (nSPS) is 29.4. The van der Waals surface area contributed by atoms with E-state index in [2.05, 4.69) is 12.2 Å². The van der Waals surface area contributed by atoms with Gasteiger partial charge in [0.2, 0.25) is 11.8 Å². The lowest BCUT2D eigenvalue weighted by atomic mass is 9.76. The molecule has 1 N–H and O–H groups in total. The van der Waals surface area contributed by atoms with Gasteiger partial charge < -0.3 is 10.2 Å². The second kappa shape index (κ2) is 5.62. The topological polar surface area (TPSA) is 49.4 Å². The number of amides is 2. The number of hydrogen-bond donors (Lipinski definition) is 1. The third-order valence-corrected chi connectivity index (χ3v) is 5.12. The highest BCUT2D eigenvalue weighted by atomic mass is 16.2. The van der Waals surface area contributed by atoms with E-state index < -0.39 is 6.04 Å². The van der Waals surface area contributed by atoms with Crippen molar-refractivity contribution in [2.75, 3.05) is 0 Å². The average Bonchev–Trinajstić information content (AvgIpc) is 2.26. The van der Waals surface area contributed by atoms with E-state index >= 15 is 0 Å². The second-order valence-corrected chi connectivity index (χ2v) is 8.17. The molecule has 120 valence electrons. The monoisotopic (exact) mass is 294 g/mol. The Hall–Kier alpha value is -1.06. The molecule has 0 bridgehead atoms. The molecule has 1 aliphatic heterocycles. The van der Waals surface area contributed by atoms with Crippen LogP contribution in [0.25, 0.3) is 0 Å². The number of carbonyl (C=O) groups is 2. The minimum absolute atomic E-state index is 0.00991. The van der Waals surface area contributed by atoms with E-state index in [9.17, 15) is 9.59 Å². The van der Waals surface area contributed by atoms with E-state index in [1.807, 2.05) is 39.5 Å². The lowest BCUT2D eigenvalue weighted by Crippen LogP contribution is -2.70. The fraction of sp³-hybridized carbons (Fsp3) is 0.882. The van der Waals surface area contributed by atoms with E-state index in [0.29, 0.717) is 5.92 Å². The Morgan fingerprint density at radius 2 is 1.71 bits per heavy atom. The van der Waals surface area contributed by atoms with Crippen LogP contribution in [0.2, 0.25) is 0 Å². The zero-order valence-electron chi connectivity index (χ0n) is 14.3. The maximum atomic E-state index is 13.0. The molecule has 0 aromatic rings. The van der Waals surface area contributed by atoms with Crippen LogP contribution in [0.1, 0.15) is 60.8 Å². The third kappa shape index (κ3) is 2.95. The molecule has 2 amide bonds. The number of carbonyl (C=O) groups excluding carboxylic acids is 2. The Kier molecular flexibility index (Phi) is 4.36. The lowest BCUT2D eigenvalue weighted by Gasteiger charge is -2.50. The standard InChI is InChI=1S/C17H30N2O2/c1-10(2)13-15(20)18-14(17(4,5)6)16(21)19(13)11(3)12-8-7-9-12/h10-14H,7-9H2,1-6H3,(H,18,20). The van der Waals surface area contributed by atoms with Crippen molar-refractivity contribution in [3.8, 4) is 0 Å². The molecule has 4 heteroatoms. The van der Waals surface area contributed by atoms with Gasteiger partial charge in [0.25, 0.3) is 0 Å². The molecule has 1 aliphatic carbocycles. The van der Waals surface area contributed by atoms with E-state index in [-0.39, 0.29) is 35.2 Å². The molecule has 2 aliphatic rings. The summed E-state index contributed by atoms with van der Waals surface area (Å²) in [5.74, 6) is 0.801. The van der Waals surface area contributed by atoms with Crippen molar-refractivity contribution < 1.29 is 9.59 Å². The van der Waals surface area contributed by atoms with Crippen molar-refractivity contribution >= 4 is 11.8 Å². The molecular formula is C17H30N2O2. The van der Waals surface area contributed by atoms with Crippen LogP contribution < -0.4 is 5.32 Å². The summed E-state index contributed by atoms with van der Waals surface area (Å²) in [6, 6.07) is -0.580. The molecule has 1 heterocycles. The molecule has 4 nitrogen and oxygen atoms in total. The van der Waals surface area contributed by atoms with Gasteiger partial charge in [-0.3, -0.25) is 9.59 Å². The van der Waals surface area contributed by atoms with Gasteiger partial charge in [-0.25, -0.2) is 0 Å². The first-order chi connectivity index (χ1) is 9.64. The van der Waals surface area contributed by atoms with Crippen molar-refractivity contribution in [1.82, 2.24) is 10.2 Å². The molecule has 3 unspecified atom stereocenters. The van der Waals surface area contributed by atoms with E-state index in [4.69, 9.17) is 0 Å². The smallest absolute Gasteiger partial charge is 0.246 e. The highest BCUT2D eigenvalue weighted by molar-refractivity contribution is 5.97. The van der Waals surface area contributed by atoms with Crippen LogP contribution in [0.4, 0.5) is 0 Å². The quantitative estimate of drug-likeness (QED) is 0.869.